The third-order valence-electron chi connectivity index (χ3n) is 3.23. The number of hydrogen-bond acceptors (Lipinski definition) is 4. The highest BCUT2D eigenvalue weighted by Gasteiger charge is 2.10. The molecule has 0 unspecified atom stereocenters. The van der Waals surface area contributed by atoms with E-state index in [1.165, 1.54) is 19.2 Å². The predicted octanol–water partition coefficient (Wildman–Crippen LogP) is 3.71. The summed E-state index contributed by atoms with van der Waals surface area (Å²) in [6.07, 6.45) is 1.72. The quantitative estimate of drug-likeness (QED) is 0.719. The highest BCUT2D eigenvalue weighted by atomic mass is 19.1. The second kappa shape index (κ2) is 5.28. The summed E-state index contributed by atoms with van der Waals surface area (Å²) in [4.78, 5) is 4.36. The van der Waals surface area contributed by atoms with Gasteiger partial charge >= 0.3 is 0 Å². The molecule has 3 rings (SSSR count). The number of fused-ring (bicyclic) bond motifs is 1. The van der Waals surface area contributed by atoms with E-state index in [0.29, 0.717) is 11.4 Å². The zero-order chi connectivity index (χ0) is 14.8. The molecule has 0 aliphatic heterocycles. The lowest BCUT2D eigenvalue weighted by Gasteiger charge is -2.13. The maximum Gasteiger partial charge on any atom is 0.167 e. The molecule has 5 heteroatoms. The van der Waals surface area contributed by atoms with Crippen molar-refractivity contribution in [3.63, 3.8) is 0 Å². The van der Waals surface area contributed by atoms with E-state index in [1.807, 2.05) is 30.3 Å². The fraction of sp³-hybridized carbons (Fsp3) is 0.0625. The molecular formula is C16H14FN3O. The van der Waals surface area contributed by atoms with Crippen LogP contribution in [-0.4, -0.2) is 12.1 Å². The first kappa shape index (κ1) is 13.2. The van der Waals surface area contributed by atoms with Crippen LogP contribution in [-0.2, 0) is 0 Å². The standard InChI is InChI=1S/C16H14FN3O/c1-21-15-9-14(12(18)8-11(15)17)20-13-6-2-4-10-5-3-7-19-16(10)13/h2-9,20H,18H2,1H3. The fourth-order valence-corrected chi connectivity index (χ4v) is 2.18. The number of pyridine rings is 1. The number of halogens is 1. The minimum atomic E-state index is -0.489. The van der Waals surface area contributed by atoms with Crippen molar-refractivity contribution in [2.45, 2.75) is 0 Å². The highest BCUT2D eigenvalue weighted by molar-refractivity contribution is 5.93. The Morgan fingerprint density at radius 2 is 1.95 bits per heavy atom. The van der Waals surface area contributed by atoms with Crippen molar-refractivity contribution in [3.8, 4) is 5.75 Å². The van der Waals surface area contributed by atoms with Crippen molar-refractivity contribution < 1.29 is 9.13 Å². The zero-order valence-corrected chi connectivity index (χ0v) is 11.4. The highest BCUT2D eigenvalue weighted by Crippen LogP contribution is 2.32. The Labute approximate surface area is 121 Å². The predicted molar refractivity (Wildman–Crippen MR) is 82.4 cm³/mol. The molecule has 0 bridgehead atoms. The molecular weight excluding hydrogens is 269 g/mol. The van der Waals surface area contributed by atoms with Crippen molar-refractivity contribution in [2.24, 2.45) is 0 Å². The van der Waals surface area contributed by atoms with Crippen molar-refractivity contribution in [1.82, 2.24) is 4.98 Å². The average Bonchev–Trinajstić information content (AvgIpc) is 2.50. The molecule has 4 nitrogen and oxygen atoms in total. The van der Waals surface area contributed by atoms with Crippen molar-refractivity contribution in [2.75, 3.05) is 18.2 Å². The number of hydrogen-bond donors (Lipinski definition) is 2. The van der Waals surface area contributed by atoms with E-state index in [9.17, 15) is 4.39 Å². The number of anilines is 3. The number of nitrogen functional groups attached to an aromatic ring is 1. The minimum Gasteiger partial charge on any atom is -0.494 e. The second-order valence-corrected chi connectivity index (χ2v) is 4.58. The molecule has 1 aromatic heterocycles. The van der Waals surface area contributed by atoms with E-state index in [4.69, 9.17) is 10.5 Å². The van der Waals surface area contributed by atoms with Crippen LogP contribution in [0, 0.1) is 5.82 Å². The smallest absolute Gasteiger partial charge is 0.167 e. The van der Waals surface area contributed by atoms with Crippen LogP contribution in [0.25, 0.3) is 10.9 Å². The van der Waals surface area contributed by atoms with Crippen molar-refractivity contribution >= 4 is 28.0 Å². The first-order valence-electron chi connectivity index (χ1n) is 6.43. The molecule has 0 fully saturated rings. The zero-order valence-electron chi connectivity index (χ0n) is 11.4. The van der Waals surface area contributed by atoms with Crippen LogP contribution in [0.1, 0.15) is 0 Å². The first-order valence-corrected chi connectivity index (χ1v) is 6.43. The third kappa shape index (κ3) is 2.45. The Morgan fingerprint density at radius 3 is 2.76 bits per heavy atom. The molecule has 0 aliphatic carbocycles. The molecule has 0 saturated carbocycles. The van der Waals surface area contributed by atoms with Gasteiger partial charge in [-0.05, 0) is 12.1 Å². The van der Waals surface area contributed by atoms with Gasteiger partial charge in [0, 0.05) is 23.7 Å². The first-order chi connectivity index (χ1) is 10.2. The van der Waals surface area contributed by atoms with Gasteiger partial charge in [0.15, 0.2) is 11.6 Å². The lowest BCUT2D eigenvalue weighted by atomic mass is 10.1. The lowest BCUT2D eigenvalue weighted by Crippen LogP contribution is -2.00. The van der Waals surface area contributed by atoms with Crippen molar-refractivity contribution in [1.29, 1.82) is 0 Å². The van der Waals surface area contributed by atoms with E-state index >= 15 is 0 Å². The molecule has 1 heterocycles. The van der Waals surface area contributed by atoms with Gasteiger partial charge in [0.2, 0.25) is 0 Å². The van der Waals surface area contributed by atoms with Gasteiger partial charge in [0.1, 0.15) is 0 Å². The SMILES string of the molecule is COc1cc(Nc2cccc3cccnc23)c(N)cc1F. The van der Waals surface area contributed by atoms with Gasteiger partial charge in [-0.15, -0.1) is 0 Å². The van der Waals surface area contributed by atoms with E-state index < -0.39 is 5.82 Å². The summed E-state index contributed by atoms with van der Waals surface area (Å²) < 4.78 is 18.6. The molecule has 0 atom stereocenters. The number of rotatable bonds is 3. The van der Waals surface area contributed by atoms with Gasteiger partial charge in [-0.25, -0.2) is 4.39 Å². The number of nitrogens with zero attached hydrogens (tertiary/aromatic N) is 1. The summed E-state index contributed by atoms with van der Waals surface area (Å²) in [5.74, 6) is -0.350. The molecule has 0 radical (unpaired) electrons. The molecule has 21 heavy (non-hydrogen) atoms. The number of aromatic nitrogens is 1. The maximum absolute atomic E-state index is 13.6. The van der Waals surface area contributed by atoms with Crippen LogP contribution >= 0.6 is 0 Å². The van der Waals surface area contributed by atoms with Gasteiger partial charge in [-0.2, -0.15) is 0 Å². The monoisotopic (exact) mass is 283 g/mol. The molecule has 3 N–H and O–H groups in total. The number of para-hydroxylation sites is 1. The normalized spacial score (nSPS) is 10.6. The second-order valence-electron chi connectivity index (χ2n) is 4.58. The van der Waals surface area contributed by atoms with Gasteiger partial charge in [-0.1, -0.05) is 18.2 Å². The number of nitrogens with one attached hydrogen (secondary N) is 1. The summed E-state index contributed by atoms with van der Waals surface area (Å²) in [6, 6.07) is 12.4. The molecule has 0 saturated heterocycles. The van der Waals surface area contributed by atoms with Gasteiger partial charge in [0.05, 0.1) is 29.7 Å². The van der Waals surface area contributed by atoms with Gasteiger partial charge < -0.3 is 15.8 Å². The summed E-state index contributed by atoms with van der Waals surface area (Å²) in [5, 5.41) is 4.19. The van der Waals surface area contributed by atoms with Crippen LogP contribution in [0.5, 0.6) is 5.75 Å². The fourth-order valence-electron chi connectivity index (χ4n) is 2.18. The van der Waals surface area contributed by atoms with Crippen LogP contribution < -0.4 is 15.8 Å². The number of methoxy groups -OCH3 is 1. The summed E-state index contributed by atoms with van der Waals surface area (Å²) in [6.45, 7) is 0. The van der Waals surface area contributed by atoms with E-state index in [-0.39, 0.29) is 5.75 Å². The van der Waals surface area contributed by atoms with Crippen molar-refractivity contribution in [3.05, 3.63) is 54.5 Å². The molecule has 0 spiro atoms. The van der Waals surface area contributed by atoms with E-state index in [1.54, 1.807) is 6.20 Å². The minimum absolute atomic E-state index is 0.139. The molecule has 3 aromatic rings. The Balaban J connectivity index is 2.07. The Kier molecular flexibility index (Phi) is 3.31. The number of ether oxygens (including phenoxy) is 1. The van der Waals surface area contributed by atoms with E-state index in [2.05, 4.69) is 10.3 Å². The molecule has 2 aromatic carbocycles. The lowest BCUT2D eigenvalue weighted by molar-refractivity contribution is 0.387. The molecule has 106 valence electrons. The van der Waals surface area contributed by atoms with Gasteiger partial charge in [-0.3, -0.25) is 4.98 Å². The third-order valence-corrected chi connectivity index (χ3v) is 3.23. The van der Waals surface area contributed by atoms with Crippen LogP contribution in [0.3, 0.4) is 0 Å². The maximum atomic E-state index is 13.6. The van der Waals surface area contributed by atoms with Crippen LogP contribution in [0.2, 0.25) is 0 Å². The topological polar surface area (TPSA) is 60.2 Å². The number of nitrogens with two attached hydrogens (primary N) is 1. The Morgan fingerprint density at radius 1 is 1.14 bits per heavy atom. The van der Waals surface area contributed by atoms with E-state index in [0.717, 1.165) is 16.6 Å². The summed E-state index contributed by atoms with van der Waals surface area (Å²) in [5.41, 5.74) is 8.36. The van der Waals surface area contributed by atoms with Crippen LogP contribution in [0.15, 0.2) is 48.7 Å². The van der Waals surface area contributed by atoms with Crippen LogP contribution in [0.4, 0.5) is 21.5 Å². The number of benzene rings is 2. The average molecular weight is 283 g/mol. The van der Waals surface area contributed by atoms with Gasteiger partial charge in [0.25, 0.3) is 0 Å². The molecule has 0 aliphatic rings. The summed E-state index contributed by atoms with van der Waals surface area (Å²) in [7, 11) is 1.41. The summed E-state index contributed by atoms with van der Waals surface area (Å²) >= 11 is 0. The Bertz CT molecular complexity index is 799. The Hall–Kier alpha value is -2.82. The molecule has 0 amide bonds. The largest absolute Gasteiger partial charge is 0.494 e.